The number of hydrogen-bond acceptors (Lipinski definition) is 3. The molecule has 0 saturated heterocycles. The van der Waals surface area contributed by atoms with Gasteiger partial charge in [0.2, 0.25) is 0 Å². The molecule has 0 fully saturated rings. The topological polar surface area (TPSA) is 75.0 Å². The van der Waals surface area contributed by atoms with E-state index in [0.29, 0.717) is 11.3 Å². The van der Waals surface area contributed by atoms with E-state index in [-0.39, 0.29) is 10.4 Å². The fourth-order valence-corrected chi connectivity index (χ4v) is 1.69. The van der Waals surface area contributed by atoms with Gasteiger partial charge >= 0.3 is 5.69 Å². The second kappa shape index (κ2) is 3.43. The number of benzene rings is 1. The zero-order valence-corrected chi connectivity index (χ0v) is 8.51. The number of ether oxygens (including phenoxy) is 1. The molecule has 2 N–H and O–H groups in total. The molecule has 0 unspecified atom stereocenters. The predicted octanol–water partition coefficient (Wildman–Crippen LogP) is 0.878. The molecule has 0 aliphatic heterocycles. The zero-order chi connectivity index (χ0) is 11.0. The summed E-state index contributed by atoms with van der Waals surface area (Å²) in [5.74, 6) is 0.390. The first-order valence-corrected chi connectivity index (χ1v) is 4.50. The summed E-state index contributed by atoms with van der Waals surface area (Å²) in [6.45, 7) is 0. The van der Waals surface area contributed by atoms with Crippen molar-refractivity contribution < 1.29 is 4.74 Å². The molecule has 2 rings (SSSR count). The van der Waals surface area contributed by atoms with Gasteiger partial charge in [-0.1, -0.05) is 11.6 Å². The third-order valence-electron chi connectivity index (χ3n) is 2.03. The second-order valence-corrected chi connectivity index (χ2v) is 3.29. The first-order valence-electron chi connectivity index (χ1n) is 4.12. The average molecular weight is 227 g/mol. The lowest BCUT2D eigenvalue weighted by Crippen LogP contribution is -2.22. The van der Waals surface area contributed by atoms with Crippen LogP contribution in [-0.4, -0.2) is 17.1 Å². The first-order chi connectivity index (χ1) is 7.13. The second-order valence-electron chi connectivity index (χ2n) is 2.91. The number of H-pyrrole nitrogens is 2. The Bertz CT molecular complexity index is 629. The smallest absolute Gasteiger partial charge is 0.326 e. The van der Waals surface area contributed by atoms with E-state index in [4.69, 9.17) is 16.3 Å². The molecule has 78 valence electrons. The zero-order valence-electron chi connectivity index (χ0n) is 7.76. The van der Waals surface area contributed by atoms with Gasteiger partial charge in [-0.2, -0.15) is 0 Å². The molecule has 2 aromatic rings. The Morgan fingerprint density at radius 2 is 2.00 bits per heavy atom. The van der Waals surface area contributed by atoms with E-state index in [1.807, 2.05) is 0 Å². The van der Waals surface area contributed by atoms with E-state index in [9.17, 15) is 9.59 Å². The highest BCUT2D eigenvalue weighted by Crippen LogP contribution is 2.28. The van der Waals surface area contributed by atoms with Gasteiger partial charge in [-0.25, -0.2) is 4.79 Å². The van der Waals surface area contributed by atoms with Crippen LogP contribution < -0.4 is 16.0 Å². The van der Waals surface area contributed by atoms with E-state index in [1.165, 1.54) is 7.11 Å². The van der Waals surface area contributed by atoms with Crippen molar-refractivity contribution in [1.29, 1.82) is 0 Å². The summed E-state index contributed by atoms with van der Waals surface area (Å²) in [4.78, 5) is 27.0. The Morgan fingerprint density at radius 1 is 1.27 bits per heavy atom. The monoisotopic (exact) mass is 226 g/mol. The number of aromatic amines is 2. The van der Waals surface area contributed by atoms with Crippen molar-refractivity contribution in [3.63, 3.8) is 0 Å². The van der Waals surface area contributed by atoms with Crippen molar-refractivity contribution in [3.8, 4) is 5.75 Å². The van der Waals surface area contributed by atoms with Crippen LogP contribution in [0.1, 0.15) is 0 Å². The van der Waals surface area contributed by atoms with Crippen LogP contribution >= 0.6 is 11.6 Å². The van der Waals surface area contributed by atoms with Crippen LogP contribution in [-0.2, 0) is 0 Å². The minimum Gasteiger partial charge on any atom is -0.495 e. The van der Waals surface area contributed by atoms with E-state index < -0.39 is 11.2 Å². The van der Waals surface area contributed by atoms with Gasteiger partial charge in [0.25, 0.3) is 5.56 Å². The van der Waals surface area contributed by atoms with Gasteiger partial charge in [0, 0.05) is 0 Å². The molecule has 0 atom stereocenters. The molecule has 1 heterocycles. The molecule has 0 spiro atoms. The van der Waals surface area contributed by atoms with Crippen LogP contribution in [0.2, 0.25) is 5.02 Å². The molecular weight excluding hydrogens is 220 g/mol. The summed E-state index contributed by atoms with van der Waals surface area (Å²) >= 11 is 5.93. The quantitative estimate of drug-likeness (QED) is 0.758. The fourth-order valence-electron chi connectivity index (χ4n) is 1.36. The number of aromatic nitrogens is 2. The fraction of sp³-hybridized carbons (Fsp3) is 0.111. The summed E-state index contributed by atoms with van der Waals surface area (Å²) in [5.41, 5.74) is -0.707. The molecule has 1 aromatic heterocycles. The lowest BCUT2D eigenvalue weighted by molar-refractivity contribution is 0.415. The molecule has 6 heteroatoms. The van der Waals surface area contributed by atoms with Crippen molar-refractivity contribution in [2.75, 3.05) is 7.11 Å². The van der Waals surface area contributed by atoms with Crippen LogP contribution in [0.5, 0.6) is 5.75 Å². The minimum atomic E-state index is -0.561. The summed E-state index contributed by atoms with van der Waals surface area (Å²) < 4.78 is 4.96. The van der Waals surface area contributed by atoms with E-state index in [0.717, 1.165) is 0 Å². The van der Waals surface area contributed by atoms with Crippen LogP contribution in [0, 0.1) is 0 Å². The van der Waals surface area contributed by atoms with E-state index in [2.05, 4.69) is 9.97 Å². The van der Waals surface area contributed by atoms with Gasteiger partial charge < -0.3 is 9.72 Å². The molecule has 0 aliphatic carbocycles. The van der Waals surface area contributed by atoms with Crippen molar-refractivity contribution in [2.45, 2.75) is 0 Å². The van der Waals surface area contributed by atoms with E-state index >= 15 is 0 Å². The lowest BCUT2D eigenvalue weighted by Gasteiger charge is -2.04. The molecule has 1 aromatic carbocycles. The van der Waals surface area contributed by atoms with Gasteiger partial charge in [-0.05, 0) is 12.1 Å². The van der Waals surface area contributed by atoms with Gasteiger partial charge in [0.1, 0.15) is 5.75 Å². The minimum absolute atomic E-state index is 0.188. The Balaban J connectivity index is 3.00. The Labute approximate surface area is 88.7 Å². The van der Waals surface area contributed by atoms with Crippen LogP contribution in [0.4, 0.5) is 0 Å². The molecule has 0 amide bonds. The Morgan fingerprint density at radius 3 is 2.67 bits per heavy atom. The summed E-state index contributed by atoms with van der Waals surface area (Å²) in [6, 6.07) is 3.15. The third-order valence-corrected chi connectivity index (χ3v) is 2.40. The molecule has 0 bridgehead atoms. The van der Waals surface area contributed by atoms with Gasteiger partial charge in [0.15, 0.2) is 0 Å². The molecule has 5 nitrogen and oxygen atoms in total. The summed E-state index contributed by atoms with van der Waals surface area (Å²) in [6.07, 6.45) is 0. The standard InChI is InChI=1S/C9H7ClN2O3/c1-15-5-3-2-4-6(7(5)10)8(13)12-9(14)11-4/h2-3H,1H3,(H2,11,12,13,14). The Kier molecular flexibility index (Phi) is 2.24. The number of hydrogen-bond donors (Lipinski definition) is 2. The normalized spacial score (nSPS) is 10.5. The van der Waals surface area contributed by atoms with Crippen LogP contribution in [0.15, 0.2) is 21.7 Å². The Hall–Kier alpha value is -1.75. The van der Waals surface area contributed by atoms with Crippen molar-refractivity contribution in [1.82, 2.24) is 9.97 Å². The molecule has 0 saturated carbocycles. The predicted molar refractivity (Wildman–Crippen MR) is 56.8 cm³/mol. The number of fused-ring (bicyclic) bond motifs is 1. The highest BCUT2D eigenvalue weighted by molar-refractivity contribution is 6.36. The third kappa shape index (κ3) is 1.50. The van der Waals surface area contributed by atoms with Gasteiger partial charge in [-0.15, -0.1) is 0 Å². The average Bonchev–Trinajstić information content (AvgIpc) is 2.17. The molecule has 0 aliphatic rings. The molecule has 0 radical (unpaired) electrons. The highest BCUT2D eigenvalue weighted by Gasteiger charge is 2.09. The van der Waals surface area contributed by atoms with Gasteiger partial charge in [-0.3, -0.25) is 9.78 Å². The van der Waals surface area contributed by atoms with Crippen molar-refractivity contribution in [2.24, 2.45) is 0 Å². The maximum atomic E-state index is 11.5. The number of halogens is 1. The SMILES string of the molecule is COc1ccc2[nH]c(=O)[nH]c(=O)c2c1Cl. The van der Waals surface area contributed by atoms with Crippen molar-refractivity contribution >= 4 is 22.5 Å². The van der Waals surface area contributed by atoms with Crippen LogP contribution in [0.3, 0.4) is 0 Å². The highest BCUT2D eigenvalue weighted by atomic mass is 35.5. The van der Waals surface area contributed by atoms with E-state index in [1.54, 1.807) is 12.1 Å². The van der Waals surface area contributed by atoms with Crippen LogP contribution in [0.25, 0.3) is 10.9 Å². The van der Waals surface area contributed by atoms with Crippen molar-refractivity contribution in [3.05, 3.63) is 38.0 Å². The molecule has 15 heavy (non-hydrogen) atoms. The maximum Gasteiger partial charge on any atom is 0.326 e. The largest absolute Gasteiger partial charge is 0.495 e. The number of methoxy groups -OCH3 is 1. The lowest BCUT2D eigenvalue weighted by atomic mass is 10.2. The summed E-state index contributed by atoms with van der Waals surface area (Å²) in [5, 5.41) is 0.406. The summed E-state index contributed by atoms with van der Waals surface area (Å²) in [7, 11) is 1.45. The first kappa shape index (κ1) is 9.79. The van der Waals surface area contributed by atoms with Gasteiger partial charge in [0.05, 0.1) is 23.0 Å². The molecular formula is C9H7ClN2O3. The number of rotatable bonds is 1. The number of nitrogens with one attached hydrogen (secondary N) is 2. The maximum absolute atomic E-state index is 11.5.